The molecule has 0 aromatic heterocycles. The molecule has 0 atom stereocenters. The van der Waals surface area contributed by atoms with Crippen LogP contribution in [-0.4, -0.2) is 5.78 Å². The molecule has 1 fully saturated rings. The number of hydrogen-bond donors (Lipinski definition) is 0. The molecular weight excluding hydrogens is 196 g/mol. The van der Waals surface area contributed by atoms with Gasteiger partial charge in [-0.1, -0.05) is 49.6 Å². The molecule has 1 aliphatic rings. The normalized spacial score (nSPS) is 19.3. The van der Waals surface area contributed by atoms with Crippen LogP contribution in [0.5, 0.6) is 0 Å². The molecular formula is C15H20O. The fraction of sp³-hybridized carbons (Fsp3) is 0.533. The van der Waals surface area contributed by atoms with E-state index in [2.05, 4.69) is 24.3 Å². The predicted octanol–water partition coefficient (Wildman–Crippen LogP) is 3.87. The van der Waals surface area contributed by atoms with Gasteiger partial charge in [0.05, 0.1) is 0 Å². The molecule has 2 rings (SSSR count). The van der Waals surface area contributed by atoms with E-state index in [1.54, 1.807) is 6.92 Å². The van der Waals surface area contributed by atoms with E-state index in [1.165, 1.54) is 37.7 Å². The zero-order valence-electron chi connectivity index (χ0n) is 10.0. The number of carbonyl (C=O) groups is 1. The summed E-state index contributed by atoms with van der Waals surface area (Å²) in [6, 6.07) is 10.6. The molecule has 0 unspecified atom stereocenters. The van der Waals surface area contributed by atoms with Crippen LogP contribution in [0.3, 0.4) is 0 Å². The van der Waals surface area contributed by atoms with Crippen molar-refractivity contribution in [2.75, 3.05) is 0 Å². The summed E-state index contributed by atoms with van der Waals surface area (Å²) in [6.07, 6.45) is 6.93. The maximum Gasteiger partial charge on any atom is 0.130 e. The van der Waals surface area contributed by atoms with Gasteiger partial charge in [0.2, 0.25) is 0 Å². The van der Waals surface area contributed by atoms with E-state index in [4.69, 9.17) is 0 Å². The van der Waals surface area contributed by atoms with E-state index < -0.39 is 0 Å². The van der Waals surface area contributed by atoms with Gasteiger partial charge in [-0.25, -0.2) is 0 Å². The summed E-state index contributed by atoms with van der Waals surface area (Å²) in [6.45, 7) is 1.72. The van der Waals surface area contributed by atoms with E-state index in [1.807, 2.05) is 6.07 Å². The Morgan fingerprint density at radius 3 is 2.31 bits per heavy atom. The quantitative estimate of drug-likeness (QED) is 0.749. The van der Waals surface area contributed by atoms with Gasteiger partial charge in [0.25, 0.3) is 0 Å². The number of carbonyl (C=O) groups excluding carboxylic acids is 1. The molecule has 0 heterocycles. The lowest BCUT2D eigenvalue weighted by atomic mass is 9.67. The van der Waals surface area contributed by atoms with Crippen LogP contribution in [0.2, 0.25) is 0 Å². The Kier molecular flexibility index (Phi) is 3.42. The minimum atomic E-state index is 0.144. The molecule has 1 heteroatoms. The van der Waals surface area contributed by atoms with Gasteiger partial charge < -0.3 is 0 Å². The second-order valence-corrected chi connectivity index (χ2v) is 5.09. The Morgan fingerprint density at radius 1 is 1.12 bits per heavy atom. The number of rotatable bonds is 3. The van der Waals surface area contributed by atoms with Gasteiger partial charge in [0, 0.05) is 11.8 Å². The topological polar surface area (TPSA) is 17.1 Å². The van der Waals surface area contributed by atoms with Crippen LogP contribution in [0.1, 0.15) is 51.0 Å². The van der Waals surface area contributed by atoms with Crippen LogP contribution in [0.15, 0.2) is 30.3 Å². The van der Waals surface area contributed by atoms with Gasteiger partial charge >= 0.3 is 0 Å². The maximum absolute atomic E-state index is 11.5. The lowest BCUT2D eigenvalue weighted by Crippen LogP contribution is -2.31. The third-order valence-corrected chi connectivity index (χ3v) is 3.78. The van der Waals surface area contributed by atoms with Crippen LogP contribution in [-0.2, 0) is 10.2 Å². The maximum atomic E-state index is 11.5. The van der Waals surface area contributed by atoms with Gasteiger partial charge in [-0.2, -0.15) is 0 Å². The highest BCUT2D eigenvalue weighted by Crippen LogP contribution is 2.42. The van der Waals surface area contributed by atoms with Gasteiger partial charge in [-0.3, -0.25) is 4.79 Å². The summed E-state index contributed by atoms with van der Waals surface area (Å²) >= 11 is 0. The summed E-state index contributed by atoms with van der Waals surface area (Å²) < 4.78 is 0. The highest BCUT2D eigenvalue weighted by molar-refractivity contribution is 5.77. The summed E-state index contributed by atoms with van der Waals surface area (Å²) in [5, 5.41) is 0. The monoisotopic (exact) mass is 216 g/mol. The molecule has 16 heavy (non-hydrogen) atoms. The molecule has 0 saturated heterocycles. The Bertz CT molecular complexity index is 347. The third kappa shape index (κ3) is 2.34. The van der Waals surface area contributed by atoms with Crippen molar-refractivity contribution in [1.29, 1.82) is 0 Å². The average Bonchev–Trinajstić information content (AvgIpc) is 2.30. The van der Waals surface area contributed by atoms with Crippen LogP contribution in [0, 0.1) is 0 Å². The van der Waals surface area contributed by atoms with E-state index in [-0.39, 0.29) is 5.41 Å². The van der Waals surface area contributed by atoms with Crippen LogP contribution < -0.4 is 0 Å². The second-order valence-electron chi connectivity index (χ2n) is 5.09. The van der Waals surface area contributed by atoms with Gasteiger partial charge in [-0.05, 0) is 25.3 Å². The first-order valence-electron chi connectivity index (χ1n) is 6.28. The number of hydrogen-bond acceptors (Lipinski definition) is 1. The standard InChI is InChI=1S/C15H20O/c1-13(16)12-15(10-6-3-7-11-15)14-8-4-2-5-9-14/h2,4-5,8-9H,3,6-7,10-12H2,1H3. The lowest BCUT2D eigenvalue weighted by Gasteiger charge is -2.37. The highest BCUT2D eigenvalue weighted by Gasteiger charge is 2.34. The molecule has 0 amide bonds. The third-order valence-electron chi connectivity index (χ3n) is 3.78. The first kappa shape index (κ1) is 11.4. The Hall–Kier alpha value is -1.11. The smallest absolute Gasteiger partial charge is 0.130 e. The molecule has 0 bridgehead atoms. The average molecular weight is 216 g/mol. The predicted molar refractivity (Wildman–Crippen MR) is 66.5 cm³/mol. The van der Waals surface area contributed by atoms with E-state index in [9.17, 15) is 4.79 Å². The highest BCUT2D eigenvalue weighted by atomic mass is 16.1. The first-order valence-corrected chi connectivity index (χ1v) is 6.28. The van der Waals surface area contributed by atoms with E-state index >= 15 is 0 Å². The van der Waals surface area contributed by atoms with Gasteiger partial charge in [0.1, 0.15) is 5.78 Å². The Labute approximate surface area is 97.9 Å². The minimum absolute atomic E-state index is 0.144. The molecule has 0 aliphatic heterocycles. The van der Waals surface area contributed by atoms with Crippen molar-refractivity contribution in [1.82, 2.24) is 0 Å². The number of Topliss-reactive ketones (excluding diaryl/α,β-unsaturated/α-hetero) is 1. The SMILES string of the molecule is CC(=O)CC1(c2ccccc2)CCCCC1. The van der Waals surface area contributed by atoms with Crippen molar-refractivity contribution < 1.29 is 4.79 Å². The zero-order chi connectivity index (χ0) is 11.4. The van der Waals surface area contributed by atoms with Crippen LogP contribution in [0.4, 0.5) is 0 Å². The van der Waals surface area contributed by atoms with Gasteiger partial charge in [0.15, 0.2) is 0 Å². The van der Waals surface area contributed by atoms with E-state index in [0.29, 0.717) is 5.78 Å². The molecule has 1 aliphatic carbocycles. The Balaban J connectivity index is 2.29. The summed E-state index contributed by atoms with van der Waals surface area (Å²) in [4.78, 5) is 11.5. The molecule has 1 nitrogen and oxygen atoms in total. The molecule has 0 radical (unpaired) electrons. The molecule has 0 N–H and O–H groups in total. The van der Waals surface area contributed by atoms with Crippen molar-refractivity contribution in [2.45, 2.75) is 50.9 Å². The second kappa shape index (κ2) is 4.82. The Morgan fingerprint density at radius 2 is 1.75 bits per heavy atom. The molecule has 0 spiro atoms. The fourth-order valence-electron chi connectivity index (χ4n) is 3.06. The van der Waals surface area contributed by atoms with Crippen molar-refractivity contribution in [2.24, 2.45) is 0 Å². The van der Waals surface area contributed by atoms with Crippen molar-refractivity contribution in [3.8, 4) is 0 Å². The molecule has 1 saturated carbocycles. The fourth-order valence-corrected chi connectivity index (χ4v) is 3.06. The summed E-state index contributed by atoms with van der Waals surface area (Å²) in [5.41, 5.74) is 1.51. The van der Waals surface area contributed by atoms with Crippen molar-refractivity contribution >= 4 is 5.78 Å². The number of benzene rings is 1. The summed E-state index contributed by atoms with van der Waals surface area (Å²) in [7, 11) is 0. The minimum Gasteiger partial charge on any atom is -0.300 e. The van der Waals surface area contributed by atoms with Gasteiger partial charge in [-0.15, -0.1) is 0 Å². The number of ketones is 1. The molecule has 1 aromatic rings. The molecule has 86 valence electrons. The van der Waals surface area contributed by atoms with Crippen LogP contribution in [0.25, 0.3) is 0 Å². The molecule has 1 aromatic carbocycles. The zero-order valence-corrected chi connectivity index (χ0v) is 10.0. The van der Waals surface area contributed by atoms with Crippen molar-refractivity contribution in [3.63, 3.8) is 0 Å². The van der Waals surface area contributed by atoms with Crippen LogP contribution >= 0.6 is 0 Å². The van der Waals surface area contributed by atoms with E-state index in [0.717, 1.165) is 6.42 Å². The lowest BCUT2D eigenvalue weighted by molar-refractivity contribution is -0.118. The summed E-state index contributed by atoms with van der Waals surface area (Å²) in [5.74, 6) is 0.325. The largest absolute Gasteiger partial charge is 0.300 e. The van der Waals surface area contributed by atoms with Crippen molar-refractivity contribution in [3.05, 3.63) is 35.9 Å². The first-order chi connectivity index (χ1) is 7.73.